The number of hydrogen-bond acceptors (Lipinski definition) is 5. The van der Waals surface area contributed by atoms with Crippen LogP contribution < -0.4 is 0 Å². The molecule has 9 heteroatoms. The summed E-state index contributed by atoms with van der Waals surface area (Å²) in [6.07, 6.45) is 0. The summed E-state index contributed by atoms with van der Waals surface area (Å²) >= 11 is 4.84. The van der Waals surface area contributed by atoms with E-state index in [0.717, 1.165) is 22.4 Å². The van der Waals surface area contributed by atoms with Crippen LogP contribution in [0.3, 0.4) is 0 Å². The van der Waals surface area contributed by atoms with Gasteiger partial charge in [-0.05, 0) is 65.6 Å². The van der Waals surface area contributed by atoms with E-state index in [4.69, 9.17) is 0 Å². The SMILES string of the molecule is Cc1nsc(-c2nc(Br)c3n2CCN(C(=O)c2ccc(F)cc2)[C@@H]3C)n1. The Kier molecular flexibility index (Phi) is 4.36. The molecule has 2 aromatic heterocycles. The number of nitrogens with zero attached hydrogens (tertiary/aromatic N) is 5. The number of aromatic nitrogens is 4. The summed E-state index contributed by atoms with van der Waals surface area (Å²) < 4.78 is 20.1. The topological polar surface area (TPSA) is 63.9 Å². The minimum atomic E-state index is -0.356. The van der Waals surface area contributed by atoms with E-state index < -0.39 is 0 Å². The van der Waals surface area contributed by atoms with Crippen molar-refractivity contribution in [2.75, 3.05) is 6.54 Å². The van der Waals surface area contributed by atoms with Crippen molar-refractivity contribution in [3.8, 4) is 10.8 Å². The third-order valence-corrected chi connectivity index (χ3v) is 5.85. The molecule has 0 unspecified atom stereocenters. The number of hydrogen-bond donors (Lipinski definition) is 0. The molecule has 0 radical (unpaired) electrons. The minimum Gasteiger partial charge on any atom is -0.328 e. The maximum Gasteiger partial charge on any atom is 0.254 e. The van der Waals surface area contributed by atoms with Crippen molar-refractivity contribution in [2.24, 2.45) is 0 Å². The van der Waals surface area contributed by atoms with Crippen molar-refractivity contribution in [1.29, 1.82) is 0 Å². The van der Waals surface area contributed by atoms with Gasteiger partial charge in [-0.15, -0.1) is 0 Å². The van der Waals surface area contributed by atoms with Crippen LogP contribution in [0.2, 0.25) is 0 Å². The first-order chi connectivity index (χ1) is 12.5. The lowest BCUT2D eigenvalue weighted by atomic mass is 10.1. The molecule has 4 rings (SSSR count). The van der Waals surface area contributed by atoms with Crippen LogP contribution in [0.15, 0.2) is 28.9 Å². The predicted molar refractivity (Wildman–Crippen MR) is 99.4 cm³/mol. The van der Waals surface area contributed by atoms with Crippen LogP contribution in [0.4, 0.5) is 4.39 Å². The highest BCUT2D eigenvalue weighted by Crippen LogP contribution is 2.36. The highest BCUT2D eigenvalue weighted by Gasteiger charge is 2.33. The van der Waals surface area contributed by atoms with Crippen LogP contribution in [0.25, 0.3) is 10.8 Å². The monoisotopic (exact) mass is 435 g/mol. The van der Waals surface area contributed by atoms with Gasteiger partial charge < -0.3 is 9.47 Å². The van der Waals surface area contributed by atoms with Crippen molar-refractivity contribution in [1.82, 2.24) is 23.8 Å². The van der Waals surface area contributed by atoms with Crippen LogP contribution in [0.1, 0.15) is 34.8 Å². The molecule has 1 aromatic carbocycles. The molecule has 0 fully saturated rings. The number of benzene rings is 1. The smallest absolute Gasteiger partial charge is 0.254 e. The standard InChI is InChI=1S/C17H15BrFN5OS/c1-9-13-14(18)21-15(16-20-10(2)22-26-16)24(13)8-7-23(9)17(25)11-3-5-12(19)6-4-11/h3-6,9H,7-8H2,1-2H3/t9-/m1/s1. The molecule has 134 valence electrons. The first-order valence-corrected chi connectivity index (χ1v) is 9.65. The van der Waals surface area contributed by atoms with E-state index in [2.05, 4.69) is 34.8 Å². The lowest BCUT2D eigenvalue weighted by Crippen LogP contribution is -2.41. The van der Waals surface area contributed by atoms with Gasteiger partial charge in [0.2, 0.25) is 0 Å². The molecule has 26 heavy (non-hydrogen) atoms. The Morgan fingerprint density at radius 2 is 2.00 bits per heavy atom. The van der Waals surface area contributed by atoms with Crippen molar-refractivity contribution in [3.05, 3.63) is 51.8 Å². The maximum absolute atomic E-state index is 13.1. The molecular formula is C17H15BrFN5OS. The molecule has 3 heterocycles. The van der Waals surface area contributed by atoms with Crippen molar-refractivity contribution in [3.63, 3.8) is 0 Å². The molecule has 0 aliphatic carbocycles. The highest BCUT2D eigenvalue weighted by atomic mass is 79.9. The zero-order chi connectivity index (χ0) is 18.4. The Morgan fingerprint density at radius 3 is 2.65 bits per heavy atom. The maximum atomic E-state index is 13.1. The first kappa shape index (κ1) is 17.3. The molecule has 0 bridgehead atoms. The predicted octanol–water partition coefficient (Wildman–Crippen LogP) is 3.83. The molecule has 6 nitrogen and oxygen atoms in total. The summed E-state index contributed by atoms with van der Waals surface area (Å²) in [7, 11) is 0. The summed E-state index contributed by atoms with van der Waals surface area (Å²) in [6, 6.07) is 5.46. The van der Waals surface area contributed by atoms with Gasteiger partial charge in [-0.3, -0.25) is 4.79 Å². The molecule has 1 aliphatic rings. The lowest BCUT2D eigenvalue weighted by Gasteiger charge is -2.35. The van der Waals surface area contributed by atoms with Crippen LogP contribution in [0, 0.1) is 12.7 Å². The van der Waals surface area contributed by atoms with Crippen LogP contribution >= 0.6 is 27.5 Å². The Bertz CT molecular complexity index is 984. The number of carbonyl (C=O) groups excluding carboxylic acids is 1. The van der Waals surface area contributed by atoms with Crippen LogP contribution in [0.5, 0.6) is 0 Å². The summed E-state index contributed by atoms with van der Waals surface area (Å²) in [5.74, 6) is 1.00. The van der Waals surface area contributed by atoms with E-state index in [9.17, 15) is 9.18 Å². The highest BCUT2D eigenvalue weighted by molar-refractivity contribution is 9.10. The van der Waals surface area contributed by atoms with Crippen LogP contribution in [-0.4, -0.2) is 36.3 Å². The van der Waals surface area contributed by atoms with E-state index in [1.54, 1.807) is 4.90 Å². The van der Waals surface area contributed by atoms with Gasteiger partial charge in [-0.1, -0.05) is 0 Å². The van der Waals surface area contributed by atoms with E-state index in [-0.39, 0.29) is 17.8 Å². The van der Waals surface area contributed by atoms with E-state index >= 15 is 0 Å². The zero-order valence-electron chi connectivity index (χ0n) is 14.1. The lowest BCUT2D eigenvalue weighted by molar-refractivity contribution is 0.0644. The fourth-order valence-corrected chi connectivity index (χ4v) is 4.58. The zero-order valence-corrected chi connectivity index (χ0v) is 16.5. The summed E-state index contributed by atoms with van der Waals surface area (Å²) in [4.78, 5) is 23.7. The number of carbonyl (C=O) groups is 1. The van der Waals surface area contributed by atoms with Crippen molar-refractivity contribution in [2.45, 2.75) is 26.4 Å². The molecule has 0 N–H and O–H groups in total. The number of amides is 1. The molecule has 1 atom stereocenters. The van der Waals surface area contributed by atoms with Crippen molar-refractivity contribution < 1.29 is 9.18 Å². The minimum absolute atomic E-state index is 0.120. The van der Waals surface area contributed by atoms with Gasteiger partial charge in [0.25, 0.3) is 5.91 Å². The molecular weight excluding hydrogens is 421 g/mol. The average Bonchev–Trinajstić information content (AvgIpc) is 3.19. The van der Waals surface area contributed by atoms with E-state index in [0.29, 0.717) is 23.3 Å². The van der Waals surface area contributed by atoms with Gasteiger partial charge in [0.1, 0.15) is 16.2 Å². The number of fused-ring (bicyclic) bond motifs is 1. The van der Waals surface area contributed by atoms with Gasteiger partial charge in [0.15, 0.2) is 10.8 Å². The second-order valence-corrected chi connectivity index (χ2v) is 7.59. The van der Waals surface area contributed by atoms with Gasteiger partial charge in [-0.2, -0.15) is 4.37 Å². The normalized spacial score (nSPS) is 16.6. The molecule has 0 saturated carbocycles. The molecule has 0 spiro atoms. The molecule has 1 aliphatic heterocycles. The number of rotatable bonds is 2. The third-order valence-electron chi connectivity index (χ3n) is 4.46. The van der Waals surface area contributed by atoms with Crippen molar-refractivity contribution >= 4 is 33.4 Å². The first-order valence-electron chi connectivity index (χ1n) is 8.09. The summed E-state index contributed by atoms with van der Waals surface area (Å²) in [6.45, 7) is 4.96. The largest absolute Gasteiger partial charge is 0.328 e. The number of imidazole rings is 1. The second kappa shape index (κ2) is 6.55. The molecule has 0 saturated heterocycles. The van der Waals surface area contributed by atoms with E-state index in [1.807, 2.05) is 13.8 Å². The quantitative estimate of drug-likeness (QED) is 0.613. The Labute approximate surface area is 162 Å². The van der Waals surface area contributed by atoms with E-state index in [1.165, 1.54) is 35.8 Å². The van der Waals surface area contributed by atoms with Crippen LogP contribution in [-0.2, 0) is 6.54 Å². The van der Waals surface area contributed by atoms with Gasteiger partial charge >= 0.3 is 0 Å². The number of aryl methyl sites for hydroxylation is 1. The van der Waals surface area contributed by atoms with Gasteiger partial charge in [-0.25, -0.2) is 14.4 Å². The fourth-order valence-electron chi connectivity index (χ4n) is 3.20. The Morgan fingerprint density at radius 1 is 1.27 bits per heavy atom. The number of halogens is 2. The Balaban J connectivity index is 1.69. The Hall–Kier alpha value is -2.13. The summed E-state index contributed by atoms with van der Waals surface area (Å²) in [5.41, 5.74) is 1.40. The molecule has 1 amide bonds. The average molecular weight is 436 g/mol. The fraction of sp³-hybridized carbons (Fsp3) is 0.294. The van der Waals surface area contributed by atoms with Gasteiger partial charge in [0, 0.05) is 18.7 Å². The molecule has 3 aromatic rings. The van der Waals surface area contributed by atoms with Gasteiger partial charge in [0.05, 0.1) is 11.7 Å². The second-order valence-electron chi connectivity index (χ2n) is 6.09. The summed E-state index contributed by atoms with van der Waals surface area (Å²) in [5, 5.41) is 0.764. The third kappa shape index (κ3) is 2.84.